The Balaban J connectivity index is 2.52. The molecule has 0 aromatic heterocycles. The number of amidine groups is 1. The minimum absolute atomic E-state index is 0.138. The molecule has 0 spiro atoms. The molecule has 1 aliphatic heterocycles. The van der Waals surface area contributed by atoms with Crippen LogP contribution in [0.1, 0.15) is 47.5 Å². The highest BCUT2D eigenvalue weighted by atomic mass is 28.2. The summed E-state index contributed by atoms with van der Waals surface area (Å²) < 4.78 is 6.10. The second kappa shape index (κ2) is 4.26. The van der Waals surface area contributed by atoms with E-state index in [4.69, 9.17) is 10.2 Å². The Labute approximate surface area is 95.4 Å². The third kappa shape index (κ3) is 3.95. The topological polar surface area (TPSA) is 47.6 Å². The molecule has 1 heterocycles. The molecule has 0 bridgehead atoms. The van der Waals surface area contributed by atoms with Gasteiger partial charge in [-0.25, -0.2) is 0 Å². The number of aliphatic imine (C=N–C) groups is 1. The first kappa shape index (κ1) is 12.7. The maximum atomic E-state index is 6.10. The number of nitrogens with zero attached hydrogens (tertiary/aromatic N) is 1. The van der Waals surface area contributed by atoms with Crippen molar-refractivity contribution in [3.8, 4) is 0 Å². The molecule has 15 heavy (non-hydrogen) atoms. The van der Waals surface area contributed by atoms with Crippen molar-refractivity contribution >= 4 is 15.6 Å². The molecule has 0 amide bonds. The van der Waals surface area contributed by atoms with E-state index in [1.807, 2.05) is 0 Å². The van der Waals surface area contributed by atoms with Gasteiger partial charge in [0, 0.05) is 6.42 Å². The number of nitrogens with two attached hydrogens (primary N) is 1. The van der Waals surface area contributed by atoms with E-state index in [2.05, 4.69) is 39.6 Å². The molecule has 0 aromatic rings. The molecule has 0 aromatic carbocycles. The molecule has 0 saturated carbocycles. The standard InChI is InChI=1S/C11H24N2OSi/c1-10(2,3)15-14-11(4,5)8-6-7-9(12)13-8/h8H,6-7,15H2,1-5H3,(H2,12,13)/t8-/m0/s1. The Morgan fingerprint density at radius 1 is 1.33 bits per heavy atom. The highest BCUT2D eigenvalue weighted by molar-refractivity contribution is 6.31. The molecular formula is C11H24N2OSi. The van der Waals surface area contributed by atoms with E-state index < -0.39 is 9.76 Å². The van der Waals surface area contributed by atoms with Crippen molar-refractivity contribution in [1.82, 2.24) is 0 Å². The summed E-state index contributed by atoms with van der Waals surface area (Å²) in [6.07, 6.45) is 1.96. The van der Waals surface area contributed by atoms with Gasteiger partial charge in [-0.3, -0.25) is 4.99 Å². The van der Waals surface area contributed by atoms with Crippen LogP contribution >= 0.6 is 0 Å². The van der Waals surface area contributed by atoms with Gasteiger partial charge < -0.3 is 10.2 Å². The summed E-state index contributed by atoms with van der Waals surface area (Å²) in [5, 5.41) is 0.338. The van der Waals surface area contributed by atoms with Crippen molar-refractivity contribution in [3.05, 3.63) is 0 Å². The van der Waals surface area contributed by atoms with Crippen LogP contribution in [0.2, 0.25) is 5.04 Å². The molecule has 1 aliphatic rings. The molecule has 0 aliphatic carbocycles. The Morgan fingerprint density at radius 3 is 2.33 bits per heavy atom. The normalized spacial score (nSPS) is 23.8. The third-order valence-electron chi connectivity index (χ3n) is 2.68. The summed E-state index contributed by atoms with van der Waals surface area (Å²) in [6.45, 7) is 11.0. The van der Waals surface area contributed by atoms with Gasteiger partial charge in [0.1, 0.15) is 0 Å². The zero-order valence-electron chi connectivity index (χ0n) is 10.6. The van der Waals surface area contributed by atoms with Crippen LogP contribution in [-0.4, -0.2) is 27.2 Å². The maximum Gasteiger partial charge on any atom is 0.167 e. The lowest BCUT2D eigenvalue weighted by Crippen LogP contribution is -2.39. The molecule has 88 valence electrons. The summed E-state index contributed by atoms with van der Waals surface area (Å²) in [5.41, 5.74) is 5.57. The average Bonchev–Trinajstić information content (AvgIpc) is 2.48. The van der Waals surface area contributed by atoms with Crippen LogP contribution in [0, 0.1) is 0 Å². The quantitative estimate of drug-likeness (QED) is 0.746. The van der Waals surface area contributed by atoms with Crippen LogP contribution < -0.4 is 5.73 Å². The lowest BCUT2D eigenvalue weighted by molar-refractivity contribution is 0.0813. The van der Waals surface area contributed by atoms with Gasteiger partial charge in [0.2, 0.25) is 0 Å². The van der Waals surface area contributed by atoms with Gasteiger partial charge in [-0.15, -0.1) is 0 Å². The minimum Gasteiger partial charge on any atom is -0.416 e. The van der Waals surface area contributed by atoms with Crippen LogP contribution in [0.3, 0.4) is 0 Å². The first-order valence-electron chi connectivity index (χ1n) is 5.67. The first-order chi connectivity index (χ1) is 6.71. The number of rotatable bonds is 3. The summed E-state index contributed by atoms with van der Waals surface area (Å²) >= 11 is 0. The van der Waals surface area contributed by atoms with Gasteiger partial charge in [-0.2, -0.15) is 0 Å². The largest absolute Gasteiger partial charge is 0.416 e. The van der Waals surface area contributed by atoms with E-state index in [0.29, 0.717) is 5.04 Å². The van der Waals surface area contributed by atoms with Crippen LogP contribution in [-0.2, 0) is 4.43 Å². The Morgan fingerprint density at radius 2 is 1.93 bits per heavy atom. The lowest BCUT2D eigenvalue weighted by atomic mass is 9.97. The molecule has 1 rings (SSSR count). The second-order valence-electron chi connectivity index (χ2n) is 6.13. The van der Waals surface area contributed by atoms with Gasteiger partial charge >= 0.3 is 0 Å². The van der Waals surface area contributed by atoms with Gasteiger partial charge in [0.05, 0.1) is 17.5 Å². The molecule has 0 fully saturated rings. The second-order valence-corrected chi connectivity index (χ2v) is 8.83. The predicted octanol–water partition coefficient (Wildman–Crippen LogP) is 1.60. The summed E-state index contributed by atoms with van der Waals surface area (Å²) in [4.78, 5) is 4.45. The Hall–Kier alpha value is -0.353. The van der Waals surface area contributed by atoms with Crippen LogP contribution in [0.15, 0.2) is 4.99 Å². The molecular weight excluding hydrogens is 204 g/mol. The van der Waals surface area contributed by atoms with Crippen molar-refractivity contribution in [1.29, 1.82) is 0 Å². The molecule has 2 N–H and O–H groups in total. The fourth-order valence-electron chi connectivity index (χ4n) is 1.62. The maximum absolute atomic E-state index is 6.10. The zero-order chi connectivity index (χ0) is 11.7. The molecule has 0 saturated heterocycles. The van der Waals surface area contributed by atoms with E-state index in [1.165, 1.54) is 0 Å². The van der Waals surface area contributed by atoms with Crippen LogP contribution in [0.25, 0.3) is 0 Å². The average molecular weight is 228 g/mol. The smallest absolute Gasteiger partial charge is 0.167 e. The van der Waals surface area contributed by atoms with Crippen molar-refractivity contribution in [2.45, 2.75) is 64.1 Å². The SMILES string of the molecule is CC(C)(C)[SiH2]OC(C)(C)[C@@H]1CCC(N)=N1. The van der Waals surface area contributed by atoms with E-state index in [9.17, 15) is 0 Å². The Bertz CT molecular complexity index is 256. The van der Waals surface area contributed by atoms with Gasteiger partial charge in [-0.1, -0.05) is 20.8 Å². The Kier molecular flexibility index (Phi) is 3.61. The van der Waals surface area contributed by atoms with Crippen LogP contribution in [0.5, 0.6) is 0 Å². The molecule has 0 unspecified atom stereocenters. The summed E-state index contributed by atoms with van der Waals surface area (Å²) in [7, 11) is -0.515. The van der Waals surface area contributed by atoms with E-state index in [0.717, 1.165) is 18.7 Å². The van der Waals surface area contributed by atoms with Gasteiger partial charge in [0.15, 0.2) is 9.76 Å². The summed E-state index contributed by atoms with van der Waals surface area (Å²) in [6, 6.07) is 0.257. The van der Waals surface area contributed by atoms with Crippen molar-refractivity contribution < 1.29 is 4.43 Å². The fourth-order valence-corrected chi connectivity index (χ4v) is 2.61. The van der Waals surface area contributed by atoms with Crippen LogP contribution in [0.4, 0.5) is 0 Å². The van der Waals surface area contributed by atoms with E-state index in [1.54, 1.807) is 0 Å². The third-order valence-corrected chi connectivity index (χ3v) is 4.43. The monoisotopic (exact) mass is 228 g/mol. The first-order valence-corrected chi connectivity index (χ1v) is 6.95. The van der Waals surface area contributed by atoms with E-state index >= 15 is 0 Å². The molecule has 1 atom stereocenters. The van der Waals surface area contributed by atoms with Crippen molar-refractivity contribution in [3.63, 3.8) is 0 Å². The zero-order valence-corrected chi connectivity index (χ0v) is 12.0. The van der Waals surface area contributed by atoms with E-state index in [-0.39, 0.29) is 11.6 Å². The lowest BCUT2D eigenvalue weighted by Gasteiger charge is -2.33. The predicted molar refractivity (Wildman–Crippen MR) is 68.1 cm³/mol. The van der Waals surface area contributed by atoms with Crippen molar-refractivity contribution in [2.24, 2.45) is 10.7 Å². The molecule has 4 heteroatoms. The van der Waals surface area contributed by atoms with Gasteiger partial charge in [0.25, 0.3) is 0 Å². The fraction of sp³-hybridized carbons (Fsp3) is 0.909. The number of hydrogen-bond donors (Lipinski definition) is 1. The number of hydrogen-bond acceptors (Lipinski definition) is 3. The summed E-state index contributed by atoms with van der Waals surface area (Å²) in [5.74, 6) is 0.786. The van der Waals surface area contributed by atoms with Crippen molar-refractivity contribution in [2.75, 3.05) is 0 Å². The highest BCUT2D eigenvalue weighted by Gasteiger charge is 2.33. The molecule has 0 radical (unpaired) electrons. The minimum atomic E-state index is -0.515. The molecule has 3 nitrogen and oxygen atoms in total. The highest BCUT2D eigenvalue weighted by Crippen LogP contribution is 2.29. The van der Waals surface area contributed by atoms with Gasteiger partial charge in [-0.05, 0) is 25.3 Å².